The first kappa shape index (κ1) is 16.0. The monoisotopic (exact) mass is 334 g/mol. The summed E-state index contributed by atoms with van der Waals surface area (Å²) in [5, 5.41) is 4.34. The smallest absolute Gasteiger partial charge is 0.305 e. The standard InChI is InChI=1S/C12H9F3N2O4S/c1-22(20,21)9-4-6(12(13,14)15)2-3-7(9)10(18)8-5-16-17-11(8)19/h2-5H,1H3,(H2,16,17,19). The molecule has 0 unspecified atom stereocenters. The maximum atomic E-state index is 12.7. The van der Waals surface area contributed by atoms with Gasteiger partial charge in [-0.25, -0.2) is 8.42 Å². The number of carbonyl (C=O) groups is 1. The highest BCUT2D eigenvalue weighted by molar-refractivity contribution is 7.90. The van der Waals surface area contributed by atoms with E-state index in [0.29, 0.717) is 18.4 Å². The second kappa shape index (κ2) is 5.13. The molecule has 0 bridgehead atoms. The van der Waals surface area contributed by atoms with Gasteiger partial charge < -0.3 is 5.10 Å². The van der Waals surface area contributed by atoms with Crippen molar-refractivity contribution in [3.63, 3.8) is 0 Å². The van der Waals surface area contributed by atoms with Crippen molar-refractivity contribution < 1.29 is 26.4 Å². The number of sulfone groups is 1. The van der Waals surface area contributed by atoms with Crippen molar-refractivity contribution in [3.05, 3.63) is 51.4 Å². The molecule has 2 N–H and O–H groups in total. The Morgan fingerprint density at radius 1 is 1.18 bits per heavy atom. The van der Waals surface area contributed by atoms with Gasteiger partial charge in [0.2, 0.25) is 5.78 Å². The van der Waals surface area contributed by atoms with Gasteiger partial charge in [-0.2, -0.15) is 13.2 Å². The molecule has 0 aliphatic rings. The second-order valence-electron chi connectivity index (χ2n) is 4.47. The second-order valence-corrected chi connectivity index (χ2v) is 6.45. The zero-order chi connectivity index (χ0) is 16.7. The van der Waals surface area contributed by atoms with E-state index in [0.717, 1.165) is 12.3 Å². The van der Waals surface area contributed by atoms with Crippen LogP contribution in [-0.4, -0.2) is 30.7 Å². The number of halogens is 3. The van der Waals surface area contributed by atoms with Gasteiger partial charge in [-0.1, -0.05) is 0 Å². The van der Waals surface area contributed by atoms with E-state index in [2.05, 4.69) is 10.2 Å². The molecule has 0 aliphatic carbocycles. The van der Waals surface area contributed by atoms with Crippen molar-refractivity contribution in [2.45, 2.75) is 11.1 Å². The summed E-state index contributed by atoms with van der Waals surface area (Å²) in [5.41, 5.74) is -2.90. The average molecular weight is 334 g/mol. The fraction of sp³-hybridized carbons (Fsp3) is 0.167. The van der Waals surface area contributed by atoms with Crippen LogP contribution in [0.15, 0.2) is 34.1 Å². The van der Waals surface area contributed by atoms with E-state index >= 15 is 0 Å². The minimum absolute atomic E-state index is 0.378. The summed E-state index contributed by atoms with van der Waals surface area (Å²) in [4.78, 5) is 22.8. The number of aromatic nitrogens is 2. The first-order valence-corrected chi connectivity index (χ1v) is 7.63. The van der Waals surface area contributed by atoms with E-state index < -0.39 is 48.9 Å². The van der Waals surface area contributed by atoms with Crippen LogP contribution in [0, 0.1) is 0 Å². The molecule has 0 aliphatic heterocycles. The molecule has 0 atom stereocenters. The molecule has 1 aromatic carbocycles. The number of nitrogens with one attached hydrogen (secondary N) is 2. The minimum Gasteiger partial charge on any atom is -0.305 e. The van der Waals surface area contributed by atoms with Gasteiger partial charge in [0.05, 0.1) is 10.5 Å². The van der Waals surface area contributed by atoms with Gasteiger partial charge in [-0.15, -0.1) is 0 Å². The van der Waals surface area contributed by atoms with Crippen LogP contribution in [-0.2, 0) is 16.0 Å². The van der Waals surface area contributed by atoms with Gasteiger partial charge in [0.15, 0.2) is 9.84 Å². The van der Waals surface area contributed by atoms with Crippen LogP contribution in [0.2, 0.25) is 0 Å². The zero-order valence-corrected chi connectivity index (χ0v) is 11.8. The number of hydrogen-bond donors (Lipinski definition) is 2. The molecule has 22 heavy (non-hydrogen) atoms. The van der Waals surface area contributed by atoms with E-state index in [1.54, 1.807) is 0 Å². The molecule has 0 saturated carbocycles. The normalized spacial score (nSPS) is 12.4. The topological polar surface area (TPSA) is 99.9 Å². The minimum atomic E-state index is -4.76. The predicted molar refractivity (Wildman–Crippen MR) is 69.4 cm³/mol. The van der Waals surface area contributed by atoms with Crippen molar-refractivity contribution >= 4 is 15.6 Å². The number of hydrogen-bond acceptors (Lipinski definition) is 4. The van der Waals surface area contributed by atoms with Crippen molar-refractivity contribution in [1.82, 2.24) is 10.2 Å². The van der Waals surface area contributed by atoms with Crippen molar-refractivity contribution in [1.29, 1.82) is 0 Å². The van der Waals surface area contributed by atoms with E-state index in [9.17, 15) is 31.2 Å². The Bertz CT molecular complexity index is 894. The van der Waals surface area contributed by atoms with Gasteiger partial charge in [0, 0.05) is 18.0 Å². The molecule has 2 rings (SSSR count). The first-order chi connectivity index (χ1) is 10.0. The fourth-order valence-corrected chi connectivity index (χ4v) is 2.71. The maximum absolute atomic E-state index is 12.7. The van der Waals surface area contributed by atoms with Crippen LogP contribution in [0.1, 0.15) is 21.5 Å². The van der Waals surface area contributed by atoms with Crippen LogP contribution in [0.3, 0.4) is 0 Å². The summed E-state index contributed by atoms with van der Waals surface area (Å²) in [7, 11) is -4.11. The summed E-state index contributed by atoms with van der Waals surface area (Å²) in [5.74, 6) is -0.989. The highest BCUT2D eigenvalue weighted by Crippen LogP contribution is 2.32. The molecule has 0 fully saturated rings. The SMILES string of the molecule is CS(=O)(=O)c1cc(C(F)(F)F)ccc1C(=O)c1c[nH][nH]c1=O. The Balaban J connectivity index is 2.70. The molecule has 10 heteroatoms. The summed E-state index contributed by atoms with van der Waals surface area (Å²) < 4.78 is 61.4. The number of carbonyl (C=O) groups excluding carboxylic acids is 1. The molecular formula is C12H9F3N2O4S. The number of H-pyrrole nitrogens is 2. The Morgan fingerprint density at radius 3 is 2.27 bits per heavy atom. The lowest BCUT2D eigenvalue weighted by atomic mass is 10.0. The van der Waals surface area contributed by atoms with E-state index in [1.807, 2.05) is 0 Å². The highest BCUT2D eigenvalue weighted by atomic mass is 32.2. The van der Waals surface area contributed by atoms with Gasteiger partial charge in [-0.3, -0.25) is 14.7 Å². The van der Waals surface area contributed by atoms with Gasteiger partial charge in [0.1, 0.15) is 5.56 Å². The third-order valence-corrected chi connectivity index (χ3v) is 3.98. The van der Waals surface area contributed by atoms with Gasteiger partial charge >= 0.3 is 6.18 Å². The molecule has 6 nitrogen and oxygen atoms in total. The average Bonchev–Trinajstić information content (AvgIpc) is 2.81. The summed E-state index contributed by atoms with van der Waals surface area (Å²) in [6.45, 7) is 0. The van der Waals surface area contributed by atoms with Crippen LogP contribution >= 0.6 is 0 Å². The third kappa shape index (κ3) is 2.96. The number of rotatable bonds is 3. The molecule has 2 aromatic rings. The summed E-state index contributed by atoms with van der Waals surface area (Å²) >= 11 is 0. The van der Waals surface area contributed by atoms with Gasteiger partial charge in [0.25, 0.3) is 5.56 Å². The molecule has 0 saturated heterocycles. The number of ketones is 1. The molecule has 0 radical (unpaired) electrons. The van der Waals surface area contributed by atoms with Crippen LogP contribution in [0.4, 0.5) is 13.2 Å². The summed E-state index contributed by atoms with van der Waals surface area (Å²) in [6, 6.07) is 1.71. The molecule has 0 spiro atoms. The molecule has 0 amide bonds. The van der Waals surface area contributed by atoms with E-state index in [4.69, 9.17) is 0 Å². The molecule has 1 heterocycles. The van der Waals surface area contributed by atoms with Crippen molar-refractivity contribution in [2.24, 2.45) is 0 Å². The highest BCUT2D eigenvalue weighted by Gasteiger charge is 2.33. The van der Waals surface area contributed by atoms with Crippen LogP contribution in [0.25, 0.3) is 0 Å². The number of alkyl halides is 3. The van der Waals surface area contributed by atoms with Crippen molar-refractivity contribution in [3.8, 4) is 0 Å². The Morgan fingerprint density at radius 2 is 1.82 bits per heavy atom. The maximum Gasteiger partial charge on any atom is 0.416 e. The van der Waals surface area contributed by atoms with E-state index in [1.165, 1.54) is 0 Å². The largest absolute Gasteiger partial charge is 0.416 e. The number of benzene rings is 1. The zero-order valence-electron chi connectivity index (χ0n) is 11.0. The Labute approximate surface area is 121 Å². The fourth-order valence-electron chi connectivity index (χ4n) is 1.81. The predicted octanol–water partition coefficient (Wildman–Crippen LogP) is 1.36. The van der Waals surface area contributed by atoms with E-state index in [-0.39, 0.29) is 0 Å². The first-order valence-electron chi connectivity index (χ1n) is 5.74. The Kier molecular flexibility index (Phi) is 3.73. The lowest BCUT2D eigenvalue weighted by molar-refractivity contribution is -0.137. The lowest BCUT2D eigenvalue weighted by Gasteiger charge is -2.11. The van der Waals surface area contributed by atoms with Crippen LogP contribution in [0.5, 0.6) is 0 Å². The van der Waals surface area contributed by atoms with Crippen molar-refractivity contribution in [2.75, 3.05) is 6.26 Å². The van der Waals surface area contributed by atoms with Gasteiger partial charge in [-0.05, 0) is 18.2 Å². The molecular weight excluding hydrogens is 325 g/mol. The molecule has 1 aromatic heterocycles. The molecule has 118 valence electrons. The van der Waals surface area contributed by atoms with Crippen LogP contribution < -0.4 is 5.56 Å². The lowest BCUT2D eigenvalue weighted by Crippen LogP contribution is -2.17. The summed E-state index contributed by atoms with van der Waals surface area (Å²) in [6.07, 6.45) is -3.07. The number of aromatic amines is 2. The third-order valence-electron chi connectivity index (χ3n) is 2.84. The Hall–Kier alpha value is -2.36. The quantitative estimate of drug-likeness (QED) is 0.828.